The monoisotopic (exact) mass is 361 g/mol. The molecular weight excluding hydrogens is 318 g/mol. The van der Waals surface area contributed by atoms with Crippen molar-refractivity contribution in [2.45, 2.75) is 53.0 Å². The number of ether oxygens (including phenoxy) is 3. The Bertz CT molecular complexity index is 261. The minimum absolute atomic E-state index is 0.153. The fourth-order valence-corrected chi connectivity index (χ4v) is 2.01. The highest BCUT2D eigenvalue weighted by atomic mass is 16.5. The summed E-state index contributed by atoms with van der Waals surface area (Å²) in [6.45, 7) is 18.6. The highest BCUT2D eigenvalue weighted by Crippen LogP contribution is 2.09. The van der Waals surface area contributed by atoms with E-state index in [1.54, 1.807) is 0 Å². The van der Waals surface area contributed by atoms with E-state index in [0.717, 1.165) is 52.2 Å². The first-order valence-corrected chi connectivity index (χ1v) is 9.64. The van der Waals surface area contributed by atoms with Crippen LogP contribution < -0.4 is 16.4 Å². The first-order chi connectivity index (χ1) is 11.7. The van der Waals surface area contributed by atoms with E-state index in [9.17, 15) is 0 Å². The van der Waals surface area contributed by atoms with Crippen LogP contribution in [0.5, 0.6) is 0 Å². The summed E-state index contributed by atoms with van der Waals surface area (Å²) in [6, 6.07) is 0. The van der Waals surface area contributed by atoms with Crippen LogP contribution in [0.4, 0.5) is 0 Å². The molecule has 0 spiro atoms. The molecule has 0 atom stereocenters. The molecule has 0 aromatic heterocycles. The van der Waals surface area contributed by atoms with Crippen LogP contribution in [0.25, 0.3) is 0 Å². The van der Waals surface area contributed by atoms with E-state index in [1.807, 2.05) is 13.8 Å². The van der Waals surface area contributed by atoms with Crippen molar-refractivity contribution in [2.24, 2.45) is 11.1 Å². The summed E-state index contributed by atoms with van der Waals surface area (Å²) >= 11 is 0. The normalized spacial score (nSPS) is 12.7. The zero-order valence-electron chi connectivity index (χ0n) is 17.3. The molecule has 0 aromatic carbocycles. The third-order valence-electron chi connectivity index (χ3n) is 3.26. The van der Waals surface area contributed by atoms with Gasteiger partial charge in [0.1, 0.15) is 0 Å². The Morgan fingerprint density at radius 1 is 0.640 bits per heavy atom. The molecule has 0 radical (unpaired) electrons. The molecule has 6 heteroatoms. The Balaban J connectivity index is 3.08. The molecular formula is C19H43N3O3. The van der Waals surface area contributed by atoms with Gasteiger partial charge < -0.3 is 30.6 Å². The average Bonchev–Trinajstić information content (AvgIpc) is 2.48. The predicted octanol–water partition coefficient (Wildman–Crippen LogP) is 1.78. The van der Waals surface area contributed by atoms with Crippen LogP contribution in [0, 0.1) is 5.41 Å². The van der Waals surface area contributed by atoms with E-state index in [2.05, 4.69) is 31.4 Å². The number of hydrogen-bond acceptors (Lipinski definition) is 6. The quantitative estimate of drug-likeness (QED) is 0.343. The van der Waals surface area contributed by atoms with Gasteiger partial charge in [0.25, 0.3) is 0 Å². The summed E-state index contributed by atoms with van der Waals surface area (Å²) in [7, 11) is 0. The fourth-order valence-electron chi connectivity index (χ4n) is 2.01. The molecule has 0 saturated heterocycles. The van der Waals surface area contributed by atoms with Crippen LogP contribution >= 0.6 is 0 Å². The second-order valence-electron chi connectivity index (χ2n) is 8.45. The summed E-state index contributed by atoms with van der Waals surface area (Å²) in [5.74, 6) is 0. The van der Waals surface area contributed by atoms with Crippen molar-refractivity contribution in [1.29, 1.82) is 0 Å². The van der Waals surface area contributed by atoms with Crippen LogP contribution in [0.2, 0.25) is 0 Å². The maximum absolute atomic E-state index is 5.89. The Morgan fingerprint density at radius 3 is 1.44 bits per heavy atom. The van der Waals surface area contributed by atoms with Crippen LogP contribution in [-0.4, -0.2) is 71.4 Å². The molecule has 6 nitrogen and oxygen atoms in total. The largest absolute Gasteiger partial charge is 0.379 e. The smallest absolute Gasteiger partial charge is 0.0701 e. The van der Waals surface area contributed by atoms with Gasteiger partial charge in [-0.1, -0.05) is 20.8 Å². The molecule has 0 aromatic rings. The van der Waals surface area contributed by atoms with Gasteiger partial charge in [-0.25, -0.2) is 0 Å². The second kappa shape index (κ2) is 14.9. The van der Waals surface area contributed by atoms with Gasteiger partial charge in [0, 0.05) is 25.3 Å². The molecule has 4 N–H and O–H groups in total. The lowest BCUT2D eigenvalue weighted by atomic mass is 9.97. The third kappa shape index (κ3) is 23.8. The molecule has 0 aliphatic heterocycles. The SMILES string of the molecule is CC(C)(C)CNCCCOCCOCCOCCCNCC(C)(C)N. The second-order valence-corrected chi connectivity index (χ2v) is 8.45. The first kappa shape index (κ1) is 24.8. The van der Waals surface area contributed by atoms with Gasteiger partial charge in [0.2, 0.25) is 0 Å². The van der Waals surface area contributed by atoms with E-state index in [4.69, 9.17) is 19.9 Å². The Kier molecular flexibility index (Phi) is 14.7. The van der Waals surface area contributed by atoms with Crippen molar-refractivity contribution in [3.8, 4) is 0 Å². The molecule has 0 heterocycles. The zero-order chi connectivity index (χ0) is 19.0. The summed E-state index contributed by atoms with van der Waals surface area (Å²) in [4.78, 5) is 0. The minimum Gasteiger partial charge on any atom is -0.379 e. The Labute approximate surface area is 155 Å². The highest BCUT2D eigenvalue weighted by molar-refractivity contribution is 4.74. The van der Waals surface area contributed by atoms with Crippen LogP contribution in [0.15, 0.2) is 0 Å². The third-order valence-corrected chi connectivity index (χ3v) is 3.26. The number of rotatable bonds is 17. The maximum Gasteiger partial charge on any atom is 0.0701 e. The summed E-state index contributed by atoms with van der Waals surface area (Å²) in [5.41, 5.74) is 6.08. The molecule has 152 valence electrons. The van der Waals surface area contributed by atoms with E-state index in [1.165, 1.54) is 0 Å². The molecule has 0 fully saturated rings. The van der Waals surface area contributed by atoms with Crippen molar-refractivity contribution < 1.29 is 14.2 Å². The van der Waals surface area contributed by atoms with Gasteiger partial charge in [0.15, 0.2) is 0 Å². The molecule has 0 aliphatic rings. The van der Waals surface area contributed by atoms with E-state index < -0.39 is 0 Å². The minimum atomic E-state index is -0.153. The lowest BCUT2D eigenvalue weighted by Gasteiger charge is -2.18. The van der Waals surface area contributed by atoms with Crippen LogP contribution in [0.1, 0.15) is 47.5 Å². The van der Waals surface area contributed by atoms with Gasteiger partial charge in [-0.05, 0) is 51.7 Å². The highest BCUT2D eigenvalue weighted by Gasteiger charge is 2.08. The van der Waals surface area contributed by atoms with Crippen molar-refractivity contribution in [1.82, 2.24) is 10.6 Å². The van der Waals surface area contributed by atoms with Crippen molar-refractivity contribution in [3.05, 3.63) is 0 Å². The van der Waals surface area contributed by atoms with Gasteiger partial charge in [-0.3, -0.25) is 0 Å². The Hall–Kier alpha value is -0.240. The Morgan fingerprint density at radius 2 is 1.04 bits per heavy atom. The molecule has 25 heavy (non-hydrogen) atoms. The summed E-state index contributed by atoms with van der Waals surface area (Å²) in [6.07, 6.45) is 2.02. The lowest BCUT2D eigenvalue weighted by Crippen LogP contribution is -2.43. The molecule has 0 bridgehead atoms. The van der Waals surface area contributed by atoms with E-state index in [0.29, 0.717) is 31.8 Å². The predicted molar refractivity (Wildman–Crippen MR) is 105 cm³/mol. The first-order valence-electron chi connectivity index (χ1n) is 9.64. The number of nitrogens with two attached hydrogens (primary N) is 1. The van der Waals surface area contributed by atoms with E-state index >= 15 is 0 Å². The van der Waals surface area contributed by atoms with Crippen LogP contribution in [-0.2, 0) is 14.2 Å². The number of nitrogens with one attached hydrogen (secondary N) is 2. The lowest BCUT2D eigenvalue weighted by molar-refractivity contribution is 0.0138. The van der Waals surface area contributed by atoms with Gasteiger partial charge in [0.05, 0.1) is 26.4 Å². The number of hydrogen-bond donors (Lipinski definition) is 3. The molecule has 0 amide bonds. The molecule has 0 saturated carbocycles. The topological polar surface area (TPSA) is 77.8 Å². The zero-order valence-corrected chi connectivity index (χ0v) is 17.3. The van der Waals surface area contributed by atoms with Crippen LogP contribution in [0.3, 0.4) is 0 Å². The van der Waals surface area contributed by atoms with Gasteiger partial charge in [-0.2, -0.15) is 0 Å². The molecule has 0 rings (SSSR count). The van der Waals surface area contributed by atoms with Gasteiger partial charge >= 0.3 is 0 Å². The van der Waals surface area contributed by atoms with Crippen molar-refractivity contribution in [2.75, 3.05) is 65.8 Å². The van der Waals surface area contributed by atoms with Gasteiger partial charge in [-0.15, -0.1) is 0 Å². The summed E-state index contributed by atoms with van der Waals surface area (Å²) in [5, 5.41) is 6.76. The van der Waals surface area contributed by atoms with Crippen molar-refractivity contribution in [3.63, 3.8) is 0 Å². The van der Waals surface area contributed by atoms with E-state index in [-0.39, 0.29) is 5.54 Å². The standard InChI is InChI=1S/C19H43N3O3/c1-18(2,3)16-21-8-6-10-23-12-14-25-15-13-24-11-7-9-22-17-19(4,5)20/h21-22H,6-17,20H2,1-5H3. The fraction of sp³-hybridized carbons (Fsp3) is 1.00. The summed E-state index contributed by atoms with van der Waals surface area (Å²) < 4.78 is 16.5. The average molecular weight is 362 g/mol. The van der Waals surface area contributed by atoms with Crippen molar-refractivity contribution >= 4 is 0 Å². The maximum atomic E-state index is 5.89. The molecule has 0 aliphatic carbocycles. The molecule has 0 unspecified atom stereocenters.